The average molecular weight is 863 g/mol. The van der Waals surface area contributed by atoms with Gasteiger partial charge in [-0.15, -0.1) is 0 Å². The number of carboxylic acids is 1. The van der Waals surface area contributed by atoms with E-state index in [1.54, 1.807) is 0 Å². The Kier molecular flexibility index (Phi) is 18.1. The van der Waals surface area contributed by atoms with Crippen LogP contribution in [0.25, 0.3) is 0 Å². The number of rotatable bonds is 17. The van der Waals surface area contributed by atoms with Crippen molar-refractivity contribution in [1.82, 2.24) is 0 Å². The van der Waals surface area contributed by atoms with E-state index in [1.807, 2.05) is 21.1 Å². The minimum atomic E-state index is -6.02. The molecule has 1 aliphatic carbocycles. The Hall–Kier alpha value is -0.440. The van der Waals surface area contributed by atoms with Gasteiger partial charge in [0.25, 0.3) is 0 Å². The number of likely N-dealkylation sites (N-methyl/N-ethyl adjacent to an activating group) is 1. The quantitative estimate of drug-likeness (QED) is 0.0373. The number of aliphatic carboxylic acids is 1. The lowest BCUT2D eigenvalue weighted by molar-refractivity contribution is -0.873. The first-order valence-corrected chi connectivity index (χ1v) is 21.6. The number of nitrogens with zero attached hydrogens (tertiary/aromatic N) is 1. The average Bonchev–Trinajstić information content (AvgIpc) is 2.74. The molecule has 50 heavy (non-hydrogen) atoms. The number of quaternary nitrogens is 1. The van der Waals surface area contributed by atoms with E-state index in [2.05, 4.69) is 27.1 Å². The summed E-state index contributed by atoms with van der Waals surface area (Å²) in [7, 11) is -30.4. The van der Waals surface area contributed by atoms with Crippen molar-refractivity contribution in [3.05, 3.63) is 0 Å². The van der Waals surface area contributed by atoms with Gasteiger partial charge in [0.1, 0.15) is 43.2 Å². The van der Waals surface area contributed by atoms with E-state index in [0.29, 0.717) is 11.0 Å². The number of esters is 1. The van der Waals surface area contributed by atoms with Gasteiger partial charge >= 0.3 is 52.9 Å². The Morgan fingerprint density at radius 2 is 0.740 bits per heavy atom. The lowest BCUT2D eigenvalue weighted by Crippen LogP contribution is -2.66. The molecule has 1 rings (SSSR count). The van der Waals surface area contributed by atoms with Crippen molar-refractivity contribution < 1.29 is 137 Å². The number of carboxylic acid groups (broad SMARTS) is 1. The maximum absolute atomic E-state index is 11.4. The third kappa shape index (κ3) is 23.3. The van der Waals surface area contributed by atoms with Gasteiger partial charge in [0.2, 0.25) is 0 Å². The van der Waals surface area contributed by atoms with Crippen LogP contribution < -0.4 is 5.11 Å². The zero-order chi connectivity index (χ0) is 40.1. The lowest BCUT2D eigenvalue weighted by atomic mass is 9.85. The summed E-state index contributed by atoms with van der Waals surface area (Å²) in [5.74, 6) is -1.67. The standard InChI is InChI=1S/C9H17NO4.C6H18O24P6/c1-7(11)14-8(5-9(12)13)6-10(2,3)4;7-31(8,9)25-1-2(26-32(10,11)12)4(28-34(16,17)18)6(30-36(22,23)24)5(29-35(19,20)21)3(1)27-33(13,14)15/h8H,5-6H2,1-4H3;1-6H,(H2,7,8,9)(H2,10,11,12)(H2,13,14,15)(H2,16,17,18)(H2,19,20,21)(H2,22,23,24)/t;1-,2-,3-,4+,5-,6-. The molecule has 0 aliphatic heterocycles. The van der Waals surface area contributed by atoms with Gasteiger partial charge in [0.15, 0.2) is 6.10 Å². The fraction of sp³-hybridized carbons (Fsp3) is 0.867. The lowest BCUT2D eigenvalue weighted by Gasteiger charge is -2.48. The van der Waals surface area contributed by atoms with Crippen LogP contribution in [0.15, 0.2) is 0 Å². The van der Waals surface area contributed by atoms with Crippen molar-refractivity contribution >= 4 is 58.9 Å². The molecule has 0 aromatic rings. The highest BCUT2D eigenvalue weighted by atomic mass is 31.2. The van der Waals surface area contributed by atoms with Crippen LogP contribution in [0.5, 0.6) is 0 Å². The normalized spacial score (nSPS) is 24.9. The van der Waals surface area contributed by atoms with Crippen molar-refractivity contribution in [3.8, 4) is 0 Å². The van der Waals surface area contributed by atoms with E-state index in [1.165, 1.54) is 6.92 Å². The predicted molar refractivity (Wildman–Crippen MR) is 150 cm³/mol. The first-order chi connectivity index (χ1) is 21.8. The summed E-state index contributed by atoms with van der Waals surface area (Å²) >= 11 is 0. The summed E-state index contributed by atoms with van der Waals surface area (Å²) in [4.78, 5) is 131. The van der Waals surface area contributed by atoms with Gasteiger partial charge in [-0.1, -0.05) is 0 Å². The summed E-state index contributed by atoms with van der Waals surface area (Å²) < 4.78 is 98.5. The molecule has 29 nitrogen and oxygen atoms in total. The van der Waals surface area contributed by atoms with E-state index in [9.17, 15) is 42.1 Å². The van der Waals surface area contributed by atoms with Crippen molar-refractivity contribution in [2.45, 2.75) is 56.1 Å². The highest BCUT2D eigenvalue weighted by Gasteiger charge is 2.62. The number of hydrogen-bond donors (Lipinski definition) is 12. The number of phosphoric ester groups is 6. The van der Waals surface area contributed by atoms with E-state index < -0.39 is 102 Å². The molecule has 1 aliphatic rings. The first kappa shape index (κ1) is 49.6. The molecule has 0 bridgehead atoms. The van der Waals surface area contributed by atoms with E-state index in [-0.39, 0.29) is 6.42 Å². The number of phosphoric acid groups is 6. The summed E-state index contributed by atoms with van der Waals surface area (Å²) in [6.07, 6.45) is -19.7. The monoisotopic (exact) mass is 863 g/mol. The van der Waals surface area contributed by atoms with E-state index in [4.69, 9.17) is 63.5 Å². The predicted octanol–water partition coefficient (Wildman–Crippen LogP) is -4.37. The van der Waals surface area contributed by atoms with Crippen molar-refractivity contribution in [3.63, 3.8) is 0 Å². The third-order valence-corrected chi connectivity index (χ3v) is 8.08. The minimum absolute atomic E-state index is 0.255. The highest BCUT2D eigenvalue weighted by Crippen LogP contribution is 2.57. The molecule has 0 amide bonds. The number of carbonyl (C=O) groups excluding carboxylic acids is 2. The Morgan fingerprint density at radius 3 is 0.860 bits per heavy atom. The molecule has 1 fully saturated rings. The third-order valence-electron chi connectivity index (χ3n) is 4.98. The summed E-state index contributed by atoms with van der Waals surface area (Å²) in [5.41, 5.74) is 0. The fourth-order valence-electron chi connectivity index (χ4n) is 3.97. The largest absolute Gasteiger partial charge is 0.550 e. The van der Waals surface area contributed by atoms with E-state index >= 15 is 0 Å². The highest BCUT2D eigenvalue weighted by molar-refractivity contribution is 7.47. The molecule has 298 valence electrons. The second-order valence-electron chi connectivity index (χ2n) is 10.6. The second kappa shape index (κ2) is 18.3. The summed E-state index contributed by atoms with van der Waals surface area (Å²) in [6, 6.07) is 0. The topological polar surface area (TPSA) is 467 Å². The Labute approximate surface area is 280 Å². The first-order valence-electron chi connectivity index (χ1n) is 12.4. The van der Waals surface area contributed by atoms with Gasteiger partial charge in [-0.3, -0.25) is 31.9 Å². The van der Waals surface area contributed by atoms with Gasteiger partial charge in [-0.25, -0.2) is 27.4 Å². The van der Waals surface area contributed by atoms with Crippen LogP contribution in [-0.4, -0.2) is 146 Å². The zero-order valence-corrected chi connectivity index (χ0v) is 30.9. The van der Waals surface area contributed by atoms with E-state index in [0.717, 1.165) is 0 Å². The fourth-order valence-corrected chi connectivity index (χ4v) is 7.31. The van der Waals surface area contributed by atoms with Crippen LogP contribution in [-0.2, 0) is 68.9 Å². The Balaban J connectivity index is 0.00000144. The van der Waals surface area contributed by atoms with Crippen LogP contribution in [0.1, 0.15) is 13.3 Å². The molecular formula is C15H35NO28P6. The molecule has 1 saturated carbocycles. The molecule has 0 aromatic carbocycles. The smallest absolute Gasteiger partial charge is 0.470 e. The van der Waals surface area contributed by atoms with Crippen LogP contribution in [0.4, 0.5) is 0 Å². The van der Waals surface area contributed by atoms with Crippen LogP contribution >= 0.6 is 46.9 Å². The van der Waals surface area contributed by atoms with Crippen molar-refractivity contribution in [1.29, 1.82) is 0 Å². The maximum Gasteiger partial charge on any atom is 0.470 e. The molecule has 0 aromatic heterocycles. The number of carbonyl (C=O) groups is 2. The molecule has 0 heterocycles. The van der Waals surface area contributed by atoms with Crippen molar-refractivity contribution in [2.24, 2.45) is 0 Å². The molecular weight excluding hydrogens is 828 g/mol. The molecule has 35 heteroatoms. The molecule has 0 radical (unpaired) electrons. The Bertz CT molecular complexity index is 1200. The minimum Gasteiger partial charge on any atom is -0.550 e. The molecule has 1 unspecified atom stereocenters. The van der Waals surface area contributed by atoms with Gasteiger partial charge in [-0.05, 0) is 0 Å². The maximum atomic E-state index is 11.4. The zero-order valence-electron chi connectivity index (χ0n) is 25.5. The second-order valence-corrected chi connectivity index (χ2v) is 17.8. The van der Waals surface area contributed by atoms with Gasteiger partial charge < -0.3 is 77.8 Å². The Morgan fingerprint density at radius 1 is 0.540 bits per heavy atom. The van der Waals surface area contributed by atoms with Crippen molar-refractivity contribution in [2.75, 3.05) is 27.7 Å². The molecule has 0 spiro atoms. The summed E-state index contributed by atoms with van der Waals surface area (Å²) in [5, 5.41) is 10.4. The van der Waals surface area contributed by atoms with Gasteiger partial charge in [0.05, 0.1) is 21.1 Å². The van der Waals surface area contributed by atoms with Crippen LogP contribution in [0.3, 0.4) is 0 Å². The van der Waals surface area contributed by atoms with Crippen LogP contribution in [0, 0.1) is 0 Å². The summed E-state index contributed by atoms with van der Waals surface area (Å²) in [6.45, 7) is 1.71. The van der Waals surface area contributed by atoms with Gasteiger partial charge in [-0.2, -0.15) is 0 Å². The SMILES string of the molecule is CC(=O)OC(CC(=O)[O-])C[N+](C)(C)C.O=P(O)(O)O[C@H]1[C@H](OP(=O)(O)O)[C@@H](OP(=O)(O)O)[C@H](OP(=O)(O)O)[C@@H](OP(=O)(O)O)[C@H]1OP(=O)(O)O. The van der Waals surface area contributed by atoms with Gasteiger partial charge in [0, 0.05) is 19.3 Å². The molecule has 12 N–H and O–H groups in total. The molecule has 0 saturated heterocycles. The molecule has 1 atom stereocenters. The number of ether oxygens (including phenoxy) is 1. The van der Waals surface area contributed by atoms with Crippen LogP contribution in [0.2, 0.25) is 0 Å². The number of hydrogen-bond acceptors (Lipinski definition) is 16.